The standard InChI is InChI=1S/C12H20N4/c1-8(2)14-12-10-4-6-13-7-5-11(10)15-9(3)16-12/h8,13H,4-7H2,1-3H3,(H,14,15,16). The third-order valence-electron chi connectivity index (χ3n) is 2.72. The fraction of sp³-hybridized carbons (Fsp3) is 0.667. The van der Waals surface area contributed by atoms with Crippen molar-refractivity contribution in [3.63, 3.8) is 0 Å². The van der Waals surface area contributed by atoms with Gasteiger partial charge in [0, 0.05) is 24.6 Å². The van der Waals surface area contributed by atoms with Gasteiger partial charge < -0.3 is 10.6 Å². The summed E-state index contributed by atoms with van der Waals surface area (Å²) in [4.78, 5) is 9.07. The number of nitrogens with one attached hydrogen (secondary N) is 2. The maximum Gasteiger partial charge on any atom is 0.133 e. The van der Waals surface area contributed by atoms with Crippen LogP contribution >= 0.6 is 0 Å². The first kappa shape index (κ1) is 11.3. The zero-order chi connectivity index (χ0) is 11.5. The fourth-order valence-corrected chi connectivity index (χ4v) is 2.06. The van der Waals surface area contributed by atoms with Gasteiger partial charge in [-0.15, -0.1) is 0 Å². The lowest BCUT2D eigenvalue weighted by molar-refractivity contribution is 0.708. The molecule has 0 saturated heterocycles. The minimum Gasteiger partial charge on any atom is -0.368 e. The van der Waals surface area contributed by atoms with Crippen molar-refractivity contribution < 1.29 is 0 Å². The Bertz CT molecular complexity index is 374. The molecule has 0 amide bonds. The van der Waals surface area contributed by atoms with Crippen LogP contribution in [0, 0.1) is 6.92 Å². The highest BCUT2D eigenvalue weighted by atomic mass is 15.1. The maximum absolute atomic E-state index is 4.55. The van der Waals surface area contributed by atoms with E-state index in [9.17, 15) is 0 Å². The molecule has 0 atom stereocenters. The molecule has 1 aromatic heterocycles. The number of aryl methyl sites for hydroxylation is 1. The molecule has 16 heavy (non-hydrogen) atoms. The number of hydrogen-bond donors (Lipinski definition) is 2. The summed E-state index contributed by atoms with van der Waals surface area (Å²) in [5, 5.41) is 6.82. The van der Waals surface area contributed by atoms with Crippen LogP contribution in [0.25, 0.3) is 0 Å². The SMILES string of the molecule is Cc1nc2c(c(NC(C)C)n1)CCNCC2. The van der Waals surface area contributed by atoms with E-state index in [1.165, 1.54) is 11.3 Å². The topological polar surface area (TPSA) is 49.8 Å². The van der Waals surface area contributed by atoms with Crippen LogP contribution < -0.4 is 10.6 Å². The molecule has 0 aliphatic carbocycles. The molecule has 4 nitrogen and oxygen atoms in total. The summed E-state index contributed by atoms with van der Waals surface area (Å²) in [7, 11) is 0. The van der Waals surface area contributed by atoms with E-state index in [0.29, 0.717) is 6.04 Å². The summed E-state index contributed by atoms with van der Waals surface area (Å²) < 4.78 is 0. The van der Waals surface area contributed by atoms with Gasteiger partial charge >= 0.3 is 0 Å². The lowest BCUT2D eigenvalue weighted by Crippen LogP contribution is -2.17. The van der Waals surface area contributed by atoms with Crippen molar-refractivity contribution in [2.45, 2.75) is 39.7 Å². The van der Waals surface area contributed by atoms with E-state index in [1.54, 1.807) is 0 Å². The number of aromatic nitrogens is 2. The van der Waals surface area contributed by atoms with Crippen LogP contribution in [-0.2, 0) is 12.8 Å². The van der Waals surface area contributed by atoms with Crippen molar-refractivity contribution in [1.29, 1.82) is 0 Å². The van der Waals surface area contributed by atoms with Gasteiger partial charge in [-0.1, -0.05) is 0 Å². The van der Waals surface area contributed by atoms with Crippen LogP contribution in [0.4, 0.5) is 5.82 Å². The zero-order valence-electron chi connectivity index (χ0n) is 10.3. The summed E-state index contributed by atoms with van der Waals surface area (Å²) in [5.41, 5.74) is 2.50. The molecule has 0 unspecified atom stereocenters. The Morgan fingerprint density at radius 2 is 1.94 bits per heavy atom. The van der Waals surface area contributed by atoms with Crippen LogP contribution in [0.3, 0.4) is 0 Å². The molecule has 1 aromatic rings. The lowest BCUT2D eigenvalue weighted by Gasteiger charge is -2.15. The fourth-order valence-electron chi connectivity index (χ4n) is 2.06. The number of rotatable bonds is 2. The first-order valence-electron chi connectivity index (χ1n) is 6.00. The van der Waals surface area contributed by atoms with E-state index in [0.717, 1.165) is 37.6 Å². The van der Waals surface area contributed by atoms with Gasteiger partial charge in [0.1, 0.15) is 11.6 Å². The van der Waals surface area contributed by atoms with Crippen molar-refractivity contribution in [2.75, 3.05) is 18.4 Å². The molecular formula is C12H20N4. The summed E-state index contributed by atoms with van der Waals surface area (Å²) in [6.07, 6.45) is 2.02. The largest absolute Gasteiger partial charge is 0.368 e. The summed E-state index contributed by atoms with van der Waals surface area (Å²) in [6.45, 7) is 8.28. The van der Waals surface area contributed by atoms with Crippen molar-refractivity contribution in [1.82, 2.24) is 15.3 Å². The third kappa shape index (κ3) is 2.50. The predicted octanol–water partition coefficient (Wildman–Crippen LogP) is 1.29. The highest BCUT2D eigenvalue weighted by Crippen LogP contribution is 2.20. The average molecular weight is 220 g/mol. The monoisotopic (exact) mass is 220 g/mol. The first-order valence-corrected chi connectivity index (χ1v) is 6.00. The third-order valence-corrected chi connectivity index (χ3v) is 2.72. The quantitative estimate of drug-likeness (QED) is 0.788. The summed E-state index contributed by atoms with van der Waals surface area (Å²) in [6, 6.07) is 0.412. The van der Waals surface area contributed by atoms with E-state index < -0.39 is 0 Å². The molecule has 4 heteroatoms. The highest BCUT2D eigenvalue weighted by molar-refractivity contribution is 5.48. The van der Waals surface area contributed by atoms with Crippen LogP contribution in [-0.4, -0.2) is 29.1 Å². The van der Waals surface area contributed by atoms with Crippen LogP contribution in [0.15, 0.2) is 0 Å². The van der Waals surface area contributed by atoms with Crippen molar-refractivity contribution in [3.8, 4) is 0 Å². The van der Waals surface area contributed by atoms with Gasteiger partial charge in [0.2, 0.25) is 0 Å². The molecule has 0 fully saturated rings. The van der Waals surface area contributed by atoms with Crippen molar-refractivity contribution in [2.24, 2.45) is 0 Å². The Kier molecular flexibility index (Phi) is 3.39. The van der Waals surface area contributed by atoms with E-state index >= 15 is 0 Å². The van der Waals surface area contributed by atoms with Gasteiger partial charge in [-0.05, 0) is 33.7 Å². The maximum atomic E-state index is 4.55. The Morgan fingerprint density at radius 1 is 1.19 bits per heavy atom. The molecule has 1 aliphatic rings. The van der Waals surface area contributed by atoms with Gasteiger partial charge in [-0.25, -0.2) is 9.97 Å². The summed E-state index contributed by atoms with van der Waals surface area (Å²) >= 11 is 0. The molecule has 1 aliphatic heterocycles. The van der Waals surface area contributed by atoms with E-state index in [2.05, 4.69) is 34.4 Å². The van der Waals surface area contributed by atoms with Crippen molar-refractivity contribution >= 4 is 5.82 Å². The van der Waals surface area contributed by atoms with Gasteiger partial charge in [-0.2, -0.15) is 0 Å². The number of fused-ring (bicyclic) bond motifs is 1. The predicted molar refractivity (Wildman–Crippen MR) is 65.8 cm³/mol. The van der Waals surface area contributed by atoms with E-state index in [4.69, 9.17) is 0 Å². The number of anilines is 1. The Hall–Kier alpha value is -1.16. The van der Waals surface area contributed by atoms with Gasteiger partial charge in [0.15, 0.2) is 0 Å². The summed E-state index contributed by atoms with van der Waals surface area (Å²) in [5.74, 6) is 1.89. The second-order valence-corrected chi connectivity index (χ2v) is 4.59. The first-order chi connectivity index (χ1) is 7.66. The highest BCUT2D eigenvalue weighted by Gasteiger charge is 2.15. The molecule has 0 radical (unpaired) electrons. The van der Waals surface area contributed by atoms with E-state index in [1.807, 2.05) is 6.92 Å². The zero-order valence-corrected chi connectivity index (χ0v) is 10.3. The Morgan fingerprint density at radius 3 is 2.69 bits per heavy atom. The molecule has 0 spiro atoms. The molecule has 2 rings (SSSR count). The van der Waals surface area contributed by atoms with Gasteiger partial charge in [0.05, 0.1) is 5.69 Å². The molecule has 0 aromatic carbocycles. The molecular weight excluding hydrogens is 200 g/mol. The van der Waals surface area contributed by atoms with E-state index in [-0.39, 0.29) is 0 Å². The van der Waals surface area contributed by atoms with Gasteiger partial charge in [0.25, 0.3) is 0 Å². The molecule has 2 heterocycles. The lowest BCUT2D eigenvalue weighted by atomic mass is 10.1. The van der Waals surface area contributed by atoms with Crippen molar-refractivity contribution in [3.05, 3.63) is 17.1 Å². The van der Waals surface area contributed by atoms with Crippen LogP contribution in [0.2, 0.25) is 0 Å². The Balaban J connectivity index is 2.38. The van der Waals surface area contributed by atoms with Crippen LogP contribution in [0.5, 0.6) is 0 Å². The average Bonchev–Trinajstić information content (AvgIpc) is 2.41. The minimum atomic E-state index is 0.412. The molecule has 88 valence electrons. The smallest absolute Gasteiger partial charge is 0.133 e. The molecule has 0 bridgehead atoms. The number of nitrogens with zero attached hydrogens (tertiary/aromatic N) is 2. The van der Waals surface area contributed by atoms with Gasteiger partial charge in [-0.3, -0.25) is 0 Å². The second kappa shape index (κ2) is 4.78. The molecule has 0 saturated carbocycles. The minimum absolute atomic E-state index is 0.412. The normalized spacial score (nSPS) is 15.8. The second-order valence-electron chi connectivity index (χ2n) is 4.59. The Labute approximate surface area is 96.9 Å². The van der Waals surface area contributed by atoms with Crippen LogP contribution in [0.1, 0.15) is 30.9 Å². The molecule has 2 N–H and O–H groups in total. The number of hydrogen-bond acceptors (Lipinski definition) is 4.